The molecule has 1 saturated heterocycles. The van der Waals surface area contributed by atoms with E-state index in [1.54, 1.807) is 18.2 Å². The average molecular weight is 384 g/mol. The van der Waals surface area contributed by atoms with E-state index in [0.717, 1.165) is 0 Å². The summed E-state index contributed by atoms with van der Waals surface area (Å²) in [4.78, 5) is 34.8. The minimum atomic E-state index is -1.31. The van der Waals surface area contributed by atoms with Crippen LogP contribution in [0.5, 0.6) is 5.75 Å². The summed E-state index contributed by atoms with van der Waals surface area (Å²) in [5.74, 6) is -3.28. The lowest BCUT2D eigenvalue weighted by atomic mass is 10.1. The maximum absolute atomic E-state index is 12.0. The normalized spacial score (nSPS) is 16.4. The number of benzene rings is 1. The van der Waals surface area contributed by atoms with Crippen molar-refractivity contribution in [2.24, 2.45) is 5.73 Å². The Morgan fingerprint density at radius 3 is 2.48 bits per heavy atom. The van der Waals surface area contributed by atoms with Gasteiger partial charge in [-0.15, -0.1) is 0 Å². The van der Waals surface area contributed by atoms with Crippen LogP contribution in [0.4, 0.5) is 0 Å². The van der Waals surface area contributed by atoms with Crippen molar-refractivity contribution in [2.45, 2.75) is 19.6 Å². The Hall–Kier alpha value is -2.35. The number of nitrogens with two attached hydrogens (primary N) is 1. The van der Waals surface area contributed by atoms with E-state index in [-0.39, 0.29) is 17.9 Å². The fourth-order valence-electron chi connectivity index (χ4n) is 1.85. The Morgan fingerprint density at radius 2 is 1.91 bits per heavy atom. The molecule has 0 aromatic heterocycles. The van der Waals surface area contributed by atoms with E-state index in [2.05, 4.69) is 15.9 Å². The van der Waals surface area contributed by atoms with Gasteiger partial charge in [-0.25, -0.2) is 9.59 Å². The van der Waals surface area contributed by atoms with Crippen LogP contribution in [-0.2, 0) is 23.9 Å². The van der Waals surface area contributed by atoms with Crippen molar-refractivity contribution < 1.29 is 28.6 Å². The maximum Gasteiger partial charge on any atom is 0.348 e. The van der Waals surface area contributed by atoms with Crippen LogP contribution >= 0.6 is 15.9 Å². The number of carbonyl (C=O) groups excluding carboxylic acids is 3. The zero-order chi connectivity index (χ0) is 17.2. The zero-order valence-electron chi connectivity index (χ0n) is 12.4. The molecule has 2 rings (SSSR count). The Balaban J connectivity index is 2.37. The molecule has 1 heterocycles. The molecule has 2 N–H and O–H groups in total. The van der Waals surface area contributed by atoms with E-state index in [4.69, 9.17) is 19.9 Å². The molecule has 1 aliphatic rings. The molecular formula is C15H14BrNO6. The Kier molecular flexibility index (Phi) is 4.74. The number of carbonyl (C=O) groups is 3. The van der Waals surface area contributed by atoms with Gasteiger partial charge in [-0.1, -0.05) is 15.9 Å². The number of rotatable bonds is 4. The standard InChI is InChI=1S/C15H14BrNO6/c1-15(2)22-13(19)10(14(20)23-15)6-8-5-9(16)3-4-11(8)21-7-12(17)18/h3-6H,7H2,1-2H3,(H2,17,18). The first kappa shape index (κ1) is 17.0. The lowest BCUT2D eigenvalue weighted by Gasteiger charge is -2.29. The predicted molar refractivity (Wildman–Crippen MR) is 83.1 cm³/mol. The Labute approximate surface area is 140 Å². The van der Waals surface area contributed by atoms with Gasteiger partial charge >= 0.3 is 11.9 Å². The molecule has 0 aliphatic carbocycles. The Morgan fingerprint density at radius 1 is 1.30 bits per heavy atom. The highest BCUT2D eigenvalue weighted by molar-refractivity contribution is 9.10. The molecule has 1 aliphatic heterocycles. The minimum absolute atomic E-state index is 0.272. The third-order valence-corrected chi connectivity index (χ3v) is 3.25. The molecule has 0 spiro atoms. The number of amides is 1. The van der Waals surface area contributed by atoms with Gasteiger partial charge in [-0.3, -0.25) is 4.79 Å². The summed E-state index contributed by atoms with van der Waals surface area (Å²) in [5, 5.41) is 0. The maximum atomic E-state index is 12.0. The third-order valence-electron chi connectivity index (χ3n) is 2.76. The summed E-state index contributed by atoms with van der Waals surface area (Å²) in [6.45, 7) is 2.58. The number of esters is 2. The van der Waals surface area contributed by atoms with Gasteiger partial charge in [0.2, 0.25) is 0 Å². The summed E-state index contributed by atoms with van der Waals surface area (Å²) in [6, 6.07) is 4.87. The van der Waals surface area contributed by atoms with Gasteiger partial charge in [0, 0.05) is 23.9 Å². The fourth-order valence-corrected chi connectivity index (χ4v) is 2.23. The molecule has 0 saturated carbocycles. The molecule has 0 radical (unpaired) electrons. The van der Waals surface area contributed by atoms with Gasteiger partial charge in [0.1, 0.15) is 11.3 Å². The van der Waals surface area contributed by atoms with Crippen molar-refractivity contribution in [1.82, 2.24) is 0 Å². The molecule has 0 atom stereocenters. The van der Waals surface area contributed by atoms with Crippen LogP contribution in [0.15, 0.2) is 28.2 Å². The zero-order valence-corrected chi connectivity index (χ0v) is 14.0. The first-order valence-electron chi connectivity index (χ1n) is 6.57. The van der Waals surface area contributed by atoms with Crippen LogP contribution in [0, 0.1) is 0 Å². The van der Waals surface area contributed by atoms with E-state index >= 15 is 0 Å². The monoisotopic (exact) mass is 383 g/mol. The van der Waals surface area contributed by atoms with Gasteiger partial charge in [-0.2, -0.15) is 0 Å². The summed E-state index contributed by atoms with van der Waals surface area (Å²) < 4.78 is 16.0. The van der Waals surface area contributed by atoms with Crippen molar-refractivity contribution in [2.75, 3.05) is 6.61 Å². The molecule has 23 heavy (non-hydrogen) atoms. The van der Waals surface area contributed by atoms with Crippen LogP contribution in [0.1, 0.15) is 19.4 Å². The lowest BCUT2D eigenvalue weighted by molar-refractivity contribution is -0.222. The van der Waals surface area contributed by atoms with Gasteiger partial charge in [0.05, 0.1) is 0 Å². The molecule has 122 valence electrons. The molecule has 1 aromatic rings. The smallest absolute Gasteiger partial charge is 0.348 e. The minimum Gasteiger partial charge on any atom is -0.483 e. The summed E-state index contributed by atoms with van der Waals surface area (Å²) in [5.41, 5.74) is 5.16. The van der Waals surface area contributed by atoms with Crippen LogP contribution in [-0.4, -0.2) is 30.2 Å². The van der Waals surface area contributed by atoms with Crippen LogP contribution in [0.2, 0.25) is 0 Å². The molecule has 0 unspecified atom stereocenters. The number of halogens is 1. The second kappa shape index (κ2) is 6.41. The van der Waals surface area contributed by atoms with Gasteiger partial charge < -0.3 is 19.9 Å². The third kappa shape index (κ3) is 4.32. The van der Waals surface area contributed by atoms with Gasteiger partial charge in [0.25, 0.3) is 11.7 Å². The van der Waals surface area contributed by atoms with E-state index in [0.29, 0.717) is 10.0 Å². The second-order valence-electron chi connectivity index (χ2n) is 5.17. The predicted octanol–water partition coefficient (Wildman–Crippen LogP) is 1.53. The number of primary amides is 1. The van der Waals surface area contributed by atoms with E-state index in [1.165, 1.54) is 19.9 Å². The highest BCUT2D eigenvalue weighted by Gasteiger charge is 2.39. The first-order valence-corrected chi connectivity index (χ1v) is 7.36. The highest BCUT2D eigenvalue weighted by atomic mass is 79.9. The summed E-state index contributed by atoms with van der Waals surface area (Å²) >= 11 is 3.28. The van der Waals surface area contributed by atoms with Crippen LogP contribution < -0.4 is 10.5 Å². The lowest BCUT2D eigenvalue weighted by Crippen LogP contribution is -2.41. The van der Waals surface area contributed by atoms with Crippen molar-refractivity contribution in [3.05, 3.63) is 33.8 Å². The first-order chi connectivity index (χ1) is 10.7. The van der Waals surface area contributed by atoms with E-state index in [1.807, 2.05) is 0 Å². The quantitative estimate of drug-likeness (QED) is 0.480. The fraction of sp³-hybridized carbons (Fsp3) is 0.267. The molecule has 1 amide bonds. The number of cyclic esters (lactones) is 2. The topological polar surface area (TPSA) is 105 Å². The number of hydrogen-bond acceptors (Lipinski definition) is 6. The van der Waals surface area contributed by atoms with E-state index < -0.39 is 23.6 Å². The molecule has 1 aromatic carbocycles. The highest BCUT2D eigenvalue weighted by Crippen LogP contribution is 2.29. The van der Waals surface area contributed by atoms with Crippen LogP contribution in [0.25, 0.3) is 6.08 Å². The van der Waals surface area contributed by atoms with E-state index in [9.17, 15) is 14.4 Å². The SMILES string of the molecule is CC1(C)OC(=O)C(=Cc2cc(Br)ccc2OCC(N)=O)C(=O)O1. The van der Waals surface area contributed by atoms with Gasteiger partial charge in [0.15, 0.2) is 6.61 Å². The molecule has 7 nitrogen and oxygen atoms in total. The van der Waals surface area contributed by atoms with Crippen molar-refractivity contribution >= 4 is 39.9 Å². The molecule has 0 bridgehead atoms. The second-order valence-corrected chi connectivity index (χ2v) is 6.09. The van der Waals surface area contributed by atoms with Crippen molar-refractivity contribution in [1.29, 1.82) is 0 Å². The van der Waals surface area contributed by atoms with Gasteiger partial charge in [-0.05, 0) is 24.3 Å². The molecular weight excluding hydrogens is 370 g/mol. The number of ether oxygens (including phenoxy) is 3. The van der Waals surface area contributed by atoms with Crippen LogP contribution in [0.3, 0.4) is 0 Å². The molecule has 1 fully saturated rings. The average Bonchev–Trinajstić information content (AvgIpc) is 2.40. The van der Waals surface area contributed by atoms with Crippen molar-refractivity contribution in [3.8, 4) is 5.75 Å². The largest absolute Gasteiger partial charge is 0.483 e. The Bertz CT molecular complexity index is 688. The summed E-state index contributed by atoms with van der Waals surface area (Å²) in [6.07, 6.45) is 1.28. The van der Waals surface area contributed by atoms with Crippen molar-refractivity contribution in [3.63, 3.8) is 0 Å². The summed E-state index contributed by atoms with van der Waals surface area (Å²) in [7, 11) is 0. The molecule has 8 heteroatoms. The number of hydrogen-bond donors (Lipinski definition) is 1.